The molecule has 0 saturated heterocycles. The van der Waals surface area contributed by atoms with E-state index in [4.69, 9.17) is 15.4 Å². The molecular formula is C7H7NO7S. The van der Waals surface area contributed by atoms with Gasteiger partial charge in [-0.1, -0.05) is 0 Å². The number of aromatic hydroxyl groups is 1. The van der Waals surface area contributed by atoms with E-state index < -0.39 is 33.4 Å². The fourth-order valence-corrected chi connectivity index (χ4v) is 1.31. The van der Waals surface area contributed by atoms with E-state index in [9.17, 15) is 18.3 Å². The van der Waals surface area contributed by atoms with Crippen LogP contribution in [-0.2, 0) is 10.4 Å². The number of hydrogen-bond acceptors (Lipinski definition) is 6. The van der Waals surface area contributed by atoms with Crippen LogP contribution in [0.5, 0.6) is 11.5 Å². The normalized spacial score (nSPS) is 11.1. The van der Waals surface area contributed by atoms with E-state index in [1.807, 2.05) is 0 Å². The number of aromatic carboxylic acids is 1. The van der Waals surface area contributed by atoms with Crippen molar-refractivity contribution in [3.05, 3.63) is 17.7 Å². The van der Waals surface area contributed by atoms with Crippen molar-refractivity contribution in [2.75, 3.05) is 5.73 Å². The largest absolute Gasteiger partial charge is 0.507 e. The molecule has 88 valence electrons. The van der Waals surface area contributed by atoms with Crippen molar-refractivity contribution in [2.45, 2.75) is 0 Å². The molecule has 0 atom stereocenters. The molecule has 0 saturated carbocycles. The van der Waals surface area contributed by atoms with Crippen molar-refractivity contribution >= 4 is 22.1 Å². The van der Waals surface area contributed by atoms with E-state index in [1.54, 1.807) is 0 Å². The predicted molar refractivity (Wildman–Crippen MR) is 51.7 cm³/mol. The van der Waals surface area contributed by atoms with Gasteiger partial charge < -0.3 is 20.1 Å². The number of anilines is 1. The molecule has 0 spiro atoms. The minimum atomic E-state index is -4.79. The molecule has 16 heavy (non-hydrogen) atoms. The molecule has 0 amide bonds. The molecule has 0 heterocycles. The zero-order chi connectivity index (χ0) is 12.5. The first-order valence-corrected chi connectivity index (χ1v) is 5.10. The van der Waals surface area contributed by atoms with E-state index >= 15 is 0 Å². The molecule has 1 aromatic rings. The molecule has 1 rings (SSSR count). The minimum absolute atomic E-state index is 0.354. The molecule has 0 fully saturated rings. The summed E-state index contributed by atoms with van der Waals surface area (Å²) >= 11 is 0. The van der Waals surface area contributed by atoms with Crippen molar-refractivity contribution in [3.63, 3.8) is 0 Å². The zero-order valence-electron chi connectivity index (χ0n) is 7.61. The quantitative estimate of drug-likeness (QED) is 0.328. The van der Waals surface area contributed by atoms with Gasteiger partial charge in [-0.3, -0.25) is 4.55 Å². The van der Waals surface area contributed by atoms with E-state index in [0.29, 0.717) is 6.07 Å². The Bertz CT molecular complexity index is 536. The Morgan fingerprint density at radius 2 is 1.94 bits per heavy atom. The topological polar surface area (TPSA) is 147 Å². The van der Waals surface area contributed by atoms with Crippen LogP contribution in [0.1, 0.15) is 10.4 Å². The second-order valence-electron chi connectivity index (χ2n) is 2.72. The number of carboxylic acids is 1. The van der Waals surface area contributed by atoms with Crippen LogP contribution in [-0.4, -0.2) is 29.2 Å². The van der Waals surface area contributed by atoms with Crippen molar-refractivity contribution in [1.82, 2.24) is 0 Å². The Morgan fingerprint density at radius 1 is 1.38 bits per heavy atom. The van der Waals surface area contributed by atoms with E-state index in [1.165, 1.54) is 0 Å². The SMILES string of the molecule is Nc1cc(C(=O)O)c(O)cc1OS(=O)(=O)O. The summed E-state index contributed by atoms with van der Waals surface area (Å²) in [6.45, 7) is 0. The van der Waals surface area contributed by atoms with Crippen LogP contribution in [0.3, 0.4) is 0 Å². The molecule has 0 radical (unpaired) electrons. The van der Waals surface area contributed by atoms with Crippen molar-refractivity contribution in [3.8, 4) is 11.5 Å². The number of rotatable bonds is 3. The Kier molecular flexibility index (Phi) is 2.92. The van der Waals surface area contributed by atoms with Crippen LogP contribution >= 0.6 is 0 Å². The average Bonchev–Trinajstić information content (AvgIpc) is 2.07. The number of carboxylic acid groups (broad SMARTS) is 1. The second-order valence-corrected chi connectivity index (χ2v) is 3.75. The lowest BCUT2D eigenvalue weighted by Crippen LogP contribution is -2.09. The summed E-state index contributed by atoms with van der Waals surface area (Å²) in [6.07, 6.45) is 0. The lowest BCUT2D eigenvalue weighted by atomic mass is 10.1. The second kappa shape index (κ2) is 3.87. The standard InChI is InChI=1S/C7H7NO7S/c8-4-1-3(7(10)11)5(9)2-6(4)15-16(12,13)14/h1-2,9H,8H2,(H,10,11)(H,12,13,14). The zero-order valence-corrected chi connectivity index (χ0v) is 8.43. The lowest BCUT2D eigenvalue weighted by molar-refractivity contribution is 0.0694. The highest BCUT2D eigenvalue weighted by Crippen LogP contribution is 2.31. The maximum Gasteiger partial charge on any atom is 0.446 e. The molecule has 8 nitrogen and oxygen atoms in total. The first-order chi connectivity index (χ1) is 7.20. The minimum Gasteiger partial charge on any atom is -0.507 e. The Labute approximate surface area is 89.8 Å². The summed E-state index contributed by atoms with van der Waals surface area (Å²) in [6, 6.07) is 1.48. The van der Waals surface area contributed by atoms with Gasteiger partial charge in [0, 0.05) is 6.07 Å². The van der Waals surface area contributed by atoms with Crippen molar-refractivity contribution in [2.24, 2.45) is 0 Å². The van der Waals surface area contributed by atoms with Crippen LogP contribution in [0.25, 0.3) is 0 Å². The van der Waals surface area contributed by atoms with E-state index in [0.717, 1.165) is 6.07 Å². The number of benzene rings is 1. The van der Waals surface area contributed by atoms with Crippen molar-refractivity contribution in [1.29, 1.82) is 0 Å². The predicted octanol–water partition coefficient (Wildman–Crippen LogP) is -0.146. The Morgan fingerprint density at radius 3 is 2.38 bits per heavy atom. The number of phenols is 1. The smallest absolute Gasteiger partial charge is 0.446 e. The van der Waals surface area contributed by atoms with Gasteiger partial charge in [0.2, 0.25) is 0 Å². The van der Waals surface area contributed by atoms with Gasteiger partial charge >= 0.3 is 16.4 Å². The summed E-state index contributed by atoms with van der Waals surface area (Å²) in [5.74, 6) is -2.74. The summed E-state index contributed by atoms with van der Waals surface area (Å²) in [5.41, 5.74) is 4.39. The molecule has 0 aliphatic carbocycles. The fourth-order valence-electron chi connectivity index (χ4n) is 0.943. The highest BCUT2D eigenvalue weighted by atomic mass is 32.3. The van der Waals surface area contributed by atoms with Crippen LogP contribution in [0.15, 0.2) is 12.1 Å². The van der Waals surface area contributed by atoms with Gasteiger partial charge in [-0.2, -0.15) is 8.42 Å². The molecular weight excluding hydrogens is 242 g/mol. The number of carbonyl (C=O) groups is 1. The third-order valence-electron chi connectivity index (χ3n) is 1.55. The van der Waals surface area contributed by atoms with Crippen LogP contribution < -0.4 is 9.92 Å². The molecule has 1 aromatic carbocycles. The summed E-state index contributed by atoms with van der Waals surface area (Å²) in [5, 5.41) is 17.8. The molecule has 0 aliphatic rings. The number of nitrogen functional groups attached to an aromatic ring is 1. The molecule has 9 heteroatoms. The van der Waals surface area contributed by atoms with Gasteiger partial charge in [0.25, 0.3) is 0 Å². The van der Waals surface area contributed by atoms with Gasteiger partial charge in [-0.25, -0.2) is 4.79 Å². The van der Waals surface area contributed by atoms with E-state index in [2.05, 4.69) is 4.18 Å². The molecule has 5 N–H and O–H groups in total. The molecule has 0 aromatic heterocycles. The average molecular weight is 249 g/mol. The highest BCUT2D eigenvalue weighted by molar-refractivity contribution is 7.81. The molecule has 0 unspecified atom stereocenters. The fraction of sp³-hybridized carbons (Fsp3) is 0. The Hall–Kier alpha value is -2.00. The summed E-state index contributed by atoms with van der Waals surface area (Å²) in [7, 11) is -4.79. The Balaban J connectivity index is 3.26. The maximum absolute atomic E-state index is 10.5. The van der Waals surface area contributed by atoms with Gasteiger partial charge in [0.1, 0.15) is 11.3 Å². The highest BCUT2D eigenvalue weighted by Gasteiger charge is 2.17. The summed E-state index contributed by atoms with van der Waals surface area (Å²) < 4.78 is 33.1. The lowest BCUT2D eigenvalue weighted by Gasteiger charge is -2.07. The van der Waals surface area contributed by atoms with Crippen molar-refractivity contribution < 1.29 is 32.2 Å². The maximum atomic E-state index is 10.5. The number of nitrogens with two attached hydrogens (primary N) is 1. The third kappa shape index (κ3) is 2.74. The van der Waals surface area contributed by atoms with Gasteiger partial charge in [-0.05, 0) is 6.07 Å². The van der Waals surface area contributed by atoms with Crippen LogP contribution in [0.2, 0.25) is 0 Å². The van der Waals surface area contributed by atoms with Gasteiger partial charge in [-0.15, -0.1) is 0 Å². The summed E-state index contributed by atoms with van der Waals surface area (Å²) in [4.78, 5) is 10.5. The monoisotopic (exact) mass is 249 g/mol. The third-order valence-corrected chi connectivity index (χ3v) is 1.94. The first kappa shape index (κ1) is 12.1. The van der Waals surface area contributed by atoms with Crippen LogP contribution in [0.4, 0.5) is 5.69 Å². The first-order valence-electron chi connectivity index (χ1n) is 3.73. The number of hydrogen-bond donors (Lipinski definition) is 4. The molecule has 0 aliphatic heterocycles. The van der Waals surface area contributed by atoms with Gasteiger partial charge in [0.15, 0.2) is 5.75 Å². The molecule has 0 bridgehead atoms. The van der Waals surface area contributed by atoms with E-state index in [-0.39, 0.29) is 5.69 Å². The van der Waals surface area contributed by atoms with Gasteiger partial charge in [0.05, 0.1) is 5.69 Å². The van der Waals surface area contributed by atoms with Crippen LogP contribution in [0, 0.1) is 0 Å².